The number of rotatable bonds is 3. The van der Waals surface area contributed by atoms with Crippen molar-refractivity contribution in [2.45, 2.75) is 25.7 Å². The molecule has 0 unspecified atom stereocenters. The molecule has 0 atom stereocenters. The fourth-order valence-electron chi connectivity index (χ4n) is 1.69. The van der Waals surface area contributed by atoms with Crippen LogP contribution in [0.4, 0.5) is 0 Å². The zero-order valence-electron chi connectivity index (χ0n) is 9.44. The van der Waals surface area contributed by atoms with Gasteiger partial charge in [-0.25, -0.2) is 9.50 Å². The van der Waals surface area contributed by atoms with Crippen LogP contribution in [0.2, 0.25) is 5.15 Å². The first-order chi connectivity index (χ1) is 7.54. The monoisotopic (exact) mass is 235 g/mol. The minimum absolute atomic E-state index is 0.0581. The van der Waals surface area contributed by atoms with Gasteiger partial charge in [0.2, 0.25) is 0 Å². The standard InChI is InChI=1S/C12H14ClN3/c1-4-6-12(2,3)9-8-10(13)16-11(15-9)5-7-14-16/h4-5,7-8H,1,6H2,2-3H3. The summed E-state index contributed by atoms with van der Waals surface area (Å²) in [6.07, 6.45) is 4.45. The maximum Gasteiger partial charge on any atom is 0.156 e. The molecule has 0 amide bonds. The van der Waals surface area contributed by atoms with Crippen molar-refractivity contribution < 1.29 is 0 Å². The van der Waals surface area contributed by atoms with E-state index in [1.54, 1.807) is 10.7 Å². The minimum atomic E-state index is -0.0581. The van der Waals surface area contributed by atoms with Crippen molar-refractivity contribution in [2.75, 3.05) is 0 Å². The lowest BCUT2D eigenvalue weighted by Gasteiger charge is -2.22. The van der Waals surface area contributed by atoms with E-state index in [2.05, 4.69) is 30.5 Å². The van der Waals surface area contributed by atoms with Crippen molar-refractivity contribution in [1.82, 2.24) is 14.6 Å². The first-order valence-corrected chi connectivity index (χ1v) is 5.54. The Balaban J connectivity index is 2.57. The molecule has 2 heterocycles. The summed E-state index contributed by atoms with van der Waals surface area (Å²) in [5, 5.41) is 4.67. The first kappa shape index (κ1) is 11.1. The maximum absolute atomic E-state index is 6.14. The van der Waals surface area contributed by atoms with Gasteiger partial charge in [-0.2, -0.15) is 5.10 Å². The van der Waals surface area contributed by atoms with Crippen LogP contribution in [-0.2, 0) is 5.41 Å². The Bertz CT molecular complexity index is 528. The molecule has 0 saturated heterocycles. The van der Waals surface area contributed by atoms with Crippen molar-refractivity contribution in [3.63, 3.8) is 0 Å². The summed E-state index contributed by atoms with van der Waals surface area (Å²) < 4.78 is 1.62. The van der Waals surface area contributed by atoms with E-state index >= 15 is 0 Å². The quantitative estimate of drug-likeness (QED) is 0.604. The molecule has 0 spiro atoms. The summed E-state index contributed by atoms with van der Waals surface area (Å²) in [5.74, 6) is 0. The summed E-state index contributed by atoms with van der Waals surface area (Å²) in [6.45, 7) is 8.02. The number of allylic oxidation sites excluding steroid dienone is 1. The predicted molar refractivity (Wildman–Crippen MR) is 65.8 cm³/mol. The van der Waals surface area contributed by atoms with Crippen LogP contribution in [0.1, 0.15) is 26.0 Å². The molecule has 2 aromatic heterocycles. The molecule has 0 aliphatic carbocycles. The van der Waals surface area contributed by atoms with Gasteiger partial charge in [0.1, 0.15) is 5.15 Å². The third-order valence-electron chi connectivity index (χ3n) is 2.66. The number of halogens is 1. The van der Waals surface area contributed by atoms with Crippen molar-refractivity contribution in [1.29, 1.82) is 0 Å². The van der Waals surface area contributed by atoms with Crippen molar-refractivity contribution in [3.05, 3.63) is 41.8 Å². The molecule has 0 aliphatic rings. The molecule has 4 heteroatoms. The summed E-state index contributed by atoms with van der Waals surface area (Å²) in [7, 11) is 0. The van der Waals surface area contributed by atoms with Crippen LogP contribution in [0.25, 0.3) is 5.65 Å². The summed E-state index contributed by atoms with van der Waals surface area (Å²) >= 11 is 6.14. The van der Waals surface area contributed by atoms with Crippen molar-refractivity contribution in [2.24, 2.45) is 0 Å². The second-order valence-electron chi connectivity index (χ2n) is 4.44. The van der Waals surface area contributed by atoms with E-state index in [9.17, 15) is 0 Å². The van der Waals surface area contributed by atoms with Crippen LogP contribution in [0, 0.1) is 0 Å². The summed E-state index contributed by atoms with van der Waals surface area (Å²) in [5.41, 5.74) is 1.68. The molecule has 16 heavy (non-hydrogen) atoms. The number of nitrogens with zero attached hydrogens (tertiary/aromatic N) is 3. The zero-order valence-corrected chi connectivity index (χ0v) is 10.2. The van der Waals surface area contributed by atoms with E-state index in [1.165, 1.54) is 0 Å². The lowest BCUT2D eigenvalue weighted by Crippen LogP contribution is -2.18. The van der Waals surface area contributed by atoms with Gasteiger partial charge < -0.3 is 0 Å². The Morgan fingerprint density at radius 3 is 3.00 bits per heavy atom. The van der Waals surface area contributed by atoms with Gasteiger partial charge in [-0.3, -0.25) is 0 Å². The van der Waals surface area contributed by atoms with Gasteiger partial charge in [0.15, 0.2) is 5.65 Å². The molecule has 84 valence electrons. The molecule has 0 bridgehead atoms. The van der Waals surface area contributed by atoms with Gasteiger partial charge in [-0.1, -0.05) is 31.5 Å². The highest BCUT2D eigenvalue weighted by atomic mass is 35.5. The average molecular weight is 236 g/mol. The third kappa shape index (κ3) is 1.83. The van der Waals surface area contributed by atoms with E-state index in [0.29, 0.717) is 5.15 Å². The molecule has 0 fully saturated rings. The zero-order chi connectivity index (χ0) is 11.8. The number of fused-ring (bicyclic) bond motifs is 1. The molecule has 0 N–H and O–H groups in total. The third-order valence-corrected chi connectivity index (χ3v) is 2.93. The number of aromatic nitrogens is 3. The lowest BCUT2D eigenvalue weighted by molar-refractivity contribution is 0.516. The Morgan fingerprint density at radius 1 is 1.56 bits per heavy atom. The number of hydrogen-bond donors (Lipinski definition) is 0. The highest BCUT2D eigenvalue weighted by molar-refractivity contribution is 6.29. The van der Waals surface area contributed by atoms with E-state index in [-0.39, 0.29) is 5.41 Å². The Kier molecular flexibility index (Phi) is 2.72. The molecule has 0 saturated carbocycles. The minimum Gasteiger partial charge on any atom is -0.233 e. The van der Waals surface area contributed by atoms with Gasteiger partial charge >= 0.3 is 0 Å². The highest BCUT2D eigenvalue weighted by Crippen LogP contribution is 2.28. The predicted octanol–water partition coefficient (Wildman–Crippen LogP) is 3.24. The largest absolute Gasteiger partial charge is 0.233 e. The van der Waals surface area contributed by atoms with E-state index in [1.807, 2.05) is 18.2 Å². The lowest BCUT2D eigenvalue weighted by atomic mass is 9.85. The SMILES string of the molecule is C=CCC(C)(C)c1cc(Cl)n2nccc2n1. The Morgan fingerprint density at radius 2 is 2.31 bits per heavy atom. The Labute approximate surface area is 99.8 Å². The van der Waals surface area contributed by atoms with Crippen molar-refractivity contribution in [3.8, 4) is 0 Å². The van der Waals surface area contributed by atoms with Crippen LogP contribution in [0.5, 0.6) is 0 Å². The van der Waals surface area contributed by atoms with Crippen LogP contribution in [0.3, 0.4) is 0 Å². The van der Waals surface area contributed by atoms with Gasteiger partial charge in [0.05, 0.1) is 11.9 Å². The second-order valence-corrected chi connectivity index (χ2v) is 4.83. The summed E-state index contributed by atoms with van der Waals surface area (Å²) in [6, 6.07) is 3.71. The molecule has 2 rings (SSSR count). The normalized spacial score (nSPS) is 11.9. The first-order valence-electron chi connectivity index (χ1n) is 5.16. The van der Waals surface area contributed by atoms with Gasteiger partial charge in [0.25, 0.3) is 0 Å². The summed E-state index contributed by atoms with van der Waals surface area (Å²) in [4.78, 5) is 4.55. The molecule has 2 aromatic rings. The van der Waals surface area contributed by atoms with Crippen LogP contribution < -0.4 is 0 Å². The fourth-order valence-corrected chi connectivity index (χ4v) is 1.92. The van der Waals surface area contributed by atoms with Gasteiger partial charge in [0, 0.05) is 11.5 Å². The van der Waals surface area contributed by atoms with Crippen LogP contribution >= 0.6 is 11.6 Å². The molecule has 0 aliphatic heterocycles. The highest BCUT2D eigenvalue weighted by Gasteiger charge is 2.22. The fraction of sp³-hybridized carbons (Fsp3) is 0.333. The van der Waals surface area contributed by atoms with E-state index in [4.69, 9.17) is 11.6 Å². The molecular formula is C12H14ClN3. The van der Waals surface area contributed by atoms with E-state index in [0.717, 1.165) is 17.8 Å². The van der Waals surface area contributed by atoms with Gasteiger partial charge in [-0.05, 0) is 12.5 Å². The molecule has 0 radical (unpaired) electrons. The topological polar surface area (TPSA) is 30.2 Å². The second kappa shape index (κ2) is 3.91. The van der Waals surface area contributed by atoms with Crippen molar-refractivity contribution >= 4 is 17.2 Å². The molecule has 0 aromatic carbocycles. The maximum atomic E-state index is 6.14. The Hall–Kier alpha value is -1.35. The molecule has 3 nitrogen and oxygen atoms in total. The van der Waals surface area contributed by atoms with E-state index < -0.39 is 0 Å². The van der Waals surface area contributed by atoms with Gasteiger partial charge in [-0.15, -0.1) is 6.58 Å². The average Bonchev–Trinajstić information content (AvgIpc) is 2.65. The van der Waals surface area contributed by atoms with Crippen LogP contribution in [-0.4, -0.2) is 14.6 Å². The smallest absolute Gasteiger partial charge is 0.156 e. The number of hydrogen-bond acceptors (Lipinski definition) is 2. The molecular weight excluding hydrogens is 222 g/mol. The van der Waals surface area contributed by atoms with Crippen LogP contribution in [0.15, 0.2) is 31.0 Å².